The Hall–Kier alpha value is -2.38. The minimum Gasteiger partial charge on any atom is -0.378 e. The van der Waals surface area contributed by atoms with Crippen LogP contribution in [0, 0.1) is 0 Å². The SMILES string of the molecule is CN(C)c1ccc(C(=O)Nc2ccc(S(=O)(=O)O)cc2)cc1. The average Bonchev–Trinajstić information content (AvgIpc) is 2.47. The monoisotopic (exact) mass is 320 g/mol. The van der Waals surface area contributed by atoms with Crippen LogP contribution in [-0.4, -0.2) is 33.0 Å². The molecule has 22 heavy (non-hydrogen) atoms. The van der Waals surface area contributed by atoms with Gasteiger partial charge in [0, 0.05) is 31.0 Å². The molecule has 2 N–H and O–H groups in total. The summed E-state index contributed by atoms with van der Waals surface area (Å²) in [5.74, 6) is -0.301. The summed E-state index contributed by atoms with van der Waals surface area (Å²) < 4.78 is 30.8. The van der Waals surface area contributed by atoms with Crippen LogP contribution in [0.3, 0.4) is 0 Å². The van der Waals surface area contributed by atoms with Crippen molar-refractivity contribution in [1.29, 1.82) is 0 Å². The number of nitrogens with zero attached hydrogens (tertiary/aromatic N) is 1. The van der Waals surface area contributed by atoms with Gasteiger partial charge in [0.25, 0.3) is 16.0 Å². The Balaban J connectivity index is 2.11. The standard InChI is InChI=1S/C15H16N2O4S/c1-17(2)13-7-3-11(4-8-13)15(18)16-12-5-9-14(10-6-12)22(19,20)21/h3-10H,1-2H3,(H,16,18)(H,19,20,21). The quantitative estimate of drug-likeness (QED) is 0.844. The van der Waals surface area contributed by atoms with E-state index in [1.807, 2.05) is 31.1 Å². The predicted molar refractivity (Wildman–Crippen MR) is 85.0 cm³/mol. The Kier molecular flexibility index (Phi) is 4.48. The molecule has 0 atom stereocenters. The van der Waals surface area contributed by atoms with E-state index >= 15 is 0 Å². The number of hydrogen-bond acceptors (Lipinski definition) is 4. The Bertz CT molecular complexity index is 766. The van der Waals surface area contributed by atoms with E-state index < -0.39 is 10.1 Å². The van der Waals surface area contributed by atoms with Crippen molar-refractivity contribution >= 4 is 27.4 Å². The first-order valence-electron chi connectivity index (χ1n) is 6.43. The van der Waals surface area contributed by atoms with Gasteiger partial charge in [0.15, 0.2) is 0 Å². The number of amides is 1. The van der Waals surface area contributed by atoms with Crippen LogP contribution in [0.4, 0.5) is 11.4 Å². The molecule has 2 aromatic rings. The van der Waals surface area contributed by atoms with Gasteiger partial charge >= 0.3 is 0 Å². The predicted octanol–water partition coefficient (Wildman–Crippen LogP) is 2.25. The first-order chi connectivity index (χ1) is 10.3. The fraction of sp³-hybridized carbons (Fsp3) is 0.133. The maximum atomic E-state index is 12.1. The fourth-order valence-electron chi connectivity index (χ4n) is 1.82. The molecule has 1 amide bonds. The van der Waals surface area contributed by atoms with Gasteiger partial charge in [0.1, 0.15) is 0 Å². The molecule has 0 heterocycles. The zero-order chi connectivity index (χ0) is 16.3. The molecule has 2 aromatic carbocycles. The highest BCUT2D eigenvalue weighted by molar-refractivity contribution is 7.85. The second-order valence-electron chi connectivity index (χ2n) is 4.89. The van der Waals surface area contributed by atoms with E-state index in [9.17, 15) is 13.2 Å². The lowest BCUT2D eigenvalue weighted by Gasteiger charge is -2.12. The summed E-state index contributed by atoms with van der Waals surface area (Å²) in [6.07, 6.45) is 0. The van der Waals surface area contributed by atoms with Crippen molar-refractivity contribution in [2.24, 2.45) is 0 Å². The molecule has 0 aliphatic rings. The maximum Gasteiger partial charge on any atom is 0.294 e. The van der Waals surface area contributed by atoms with Crippen LogP contribution in [-0.2, 0) is 10.1 Å². The van der Waals surface area contributed by atoms with E-state index in [2.05, 4.69) is 5.32 Å². The minimum atomic E-state index is -4.23. The minimum absolute atomic E-state index is 0.221. The van der Waals surface area contributed by atoms with Gasteiger partial charge in [-0.05, 0) is 48.5 Å². The molecule has 0 spiro atoms. The first-order valence-corrected chi connectivity index (χ1v) is 7.87. The lowest BCUT2D eigenvalue weighted by Crippen LogP contribution is -2.13. The van der Waals surface area contributed by atoms with Crippen molar-refractivity contribution in [1.82, 2.24) is 0 Å². The molecule has 6 nitrogen and oxygen atoms in total. The normalized spacial score (nSPS) is 11.0. The summed E-state index contributed by atoms with van der Waals surface area (Å²) in [5, 5.41) is 2.66. The van der Waals surface area contributed by atoms with E-state index in [1.165, 1.54) is 24.3 Å². The second kappa shape index (κ2) is 6.17. The molecule has 0 unspecified atom stereocenters. The number of carbonyl (C=O) groups is 1. The maximum absolute atomic E-state index is 12.1. The van der Waals surface area contributed by atoms with Crippen LogP contribution >= 0.6 is 0 Å². The first kappa shape index (κ1) is 16.0. The van der Waals surface area contributed by atoms with Gasteiger partial charge in [-0.3, -0.25) is 9.35 Å². The highest BCUT2D eigenvalue weighted by Gasteiger charge is 2.10. The van der Waals surface area contributed by atoms with Crippen LogP contribution in [0.1, 0.15) is 10.4 Å². The lowest BCUT2D eigenvalue weighted by molar-refractivity contribution is 0.102. The molecular formula is C15H16N2O4S. The molecule has 0 radical (unpaired) electrons. The van der Waals surface area contributed by atoms with Crippen molar-refractivity contribution in [3.05, 3.63) is 54.1 Å². The van der Waals surface area contributed by atoms with Gasteiger partial charge in [-0.15, -0.1) is 0 Å². The van der Waals surface area contributed by atoms with Gasteiger partial charge < -0.3 is 10.2 Å². The molecule has 0 saturated carbocycles. The zero-order valence-corrected chi connectivity index (χ0v) is 13.0. The number of rotatable bonds is 4. The Morgan fingerprint density at radius 3 is 2.00 bits per heavy atom. The Morgan fingerprint density at radius 2 is 1.55 bits per heavy atom. The third-order valence-electron chi connectivity index (χ3n) is 3.06. The van der Waals surface area contributed by atoms with Crippen LogP contribution in [0.2, 0.25) is 0 Å². The molecule has 0 aromatic heterocycles. The van der Waals surface area contributed by atoms with Crippen molar-refractivity contribution < 1.29 is 17.8 Å². The van der Waals surface area contributed by atoms with E-state index in [4.69, 9.17) is 4.55 Å². The van der Waals surface area contributed by atoms with Gasteiger partial charge in [-0.2, -0.15) is 8.42 Å². The average molecular weight is 320 g/mol. The van der Waals surface area contributed by atoms with Crippen molar-refractivity contribution in [2.45, 2.75) is 4.90 Å². The topological polar surface area (TPSA) is 86.7 Å². The third-order valence-corrected chi connectivity index (χ3v) is 3.92. The van der Waals surface area contributed by atoms with Crippen LogP contribution in [0.15, 0.2) is 53.4 Å². The van der Waals surface area contributed by atoms with Crippen LogP contribution < -0.4 is 10.2 Å². The summed E-state index contributed by atoms with van der Waals surface area (Å²) >= 11 is 0. The number of benzene rings is 2. The molecule has 0 bridgehead atoms. The fourth-order valence-corrected chi connectivity index (χ4v) is 2.30. The van der Waals surface area contributed by atoms with Crippen LogP contribution in [0.25, 0.3) is 0 Å². The molecule has 0 aliphatic carbocycles. The van der Waals surface area contributed by atoms with E-state index in [1.54, 1.807) is 12.1 Å². The smallest absolute Gasteiger partial charge is 0.294 e. The largest absolute Gasteiger partial charge is 0.378 e. The highest BCUT2D eigenvalue weighted by Crippen LogP contribution is 2.16. The van der Waals surface area contributed by atoms with Crippen LogP contribution in [0.5, 0.6) is 0 Å². The van der Waals surface area contributed by atoms with Crippen molar-refractivity contribution in [3.8, 4) is 0 Å². The second-order valence-corrected chi connectivity index (χ2v) is 6.32. The summed E-state index contributed by atoms with van der Waals surface area (Å²) in [6, 6.07) is 12.3. The van der Waals surface area contributed by atoms with E-state index in [0.29, 0.717) is 11.3 Å². The summed E-state index contributed by atoms with van der Waals surface area (Å²) in [6.45, 7) is 0. The number of hydrogen-bond donors (Lipinski definition) is 2. The van der Waals surface area contributed by atoms with Crippen molar-refractivity contribution in [2.75, 3.05) is 24.3 Å². The highest BCUT2D eigenvalue weighted by atomic mass is 32.2. The number of anilines is 2. The summed E-state index contributed by atoms with van der Waals surface area (Å²) in [7, 11) is -0.413. The molecule has 0 aliphatic heterocycles. The van der Waals surface area contributed by atoms with E-state index in [-0.39, 0.29) is 10.8 Å². The molecule has 2 rings (SSSR count). The third kappa shape index (κ3) is 3.84. The number of nitrogens with one attached hydrogen (secondary N) is 1. The zero-order valence-electron chi connectivity index (χ0n) is 12.1. The molecule has 0 saturated heterocycles. The van der Waals surface area contributed by atoms with Gasteiger partial charge in [0.2, 0.25) is 0 Å². The lowest BCUT2D eigenvalue weighted by atomic mass is 10.2. The number of carbonyl (C=O) groups excluding carboxylic acids is 1. The van der Waals surface area contributed by atoms with Gasteiger partial charge in [0.05, 0.1) is 4.90 Å². The van der Waals surface area contributed by atoms with E-state index in [0.717, 1.165) is 5.69 Å². The molecule has 116 valence electrons. The van der Waals surface area contributed by atoms with Gasteiger partial charge in [-0.25, -0.2) is 0 Å². The summed E-state index contributed by atoms with van der Waals surface area (Å²) in [5.41, 5.74) is 1.91. The molecule has 7 heteroatoms. The van der Waals surface area contributed by atoms with Crippen molar-refractivity contribution in [3.63, 3.8) is 0 Å². The Labute approximate surface area is 129 Å². The van der Waals surface area contributed by atoms with Gasteiger partial charge in [-0.1, -0.05) is 0 Å². The Morgan fingerprint density at radius 1 is 1.00 bits per heavy atom. The molecule has 0 fully saturated rings. The summed E-state index contributed by atoms with van der Waals surface area (Å²) in [4.78, 5) is 13.8. The molecular weight excluding hydrogens is 304 g/mol.